The number of para-hydroxylation sites is 1. The number of rotatable bonds is 3. The number of anilines is 1. The van der Waals surface area contributed by atoms with Crippen molar-refractivity contribution in [3.63, 3.8) is 0 Å². The Morgan fingerprint density at radius 1 is 1.17 bits per heavy atom. The van der Waals surface area contributed by atoms with Gasteiger partial charge in [0.2, 0.25) is 0 Å². The van der Waals surface area contributed by atoms with Crippen LogP contribution in [-0.4, -0.2) is 0 Å². The monoisotopic (exact) mass is 300 g/mol. The molecule has 1 N–H and O–H groups in total. The van der Waals surface area contributed by atoms with Gasteiger partial charge in [-0.2, -0.15) is 5.26 Å². The number of aryl methyl sites for hydroxylation is 1. The van der Waals surface area contributed by atoms with E-state index in [1.807, 2.05) is 37.3 Å². The average molecular weight is 301 g/mol. The van der Waals surface area contributed by atoms with Gasteiger partial charge in [0.25, 0.3) is 0 Å². The lowest BCUT2D eigenvalue weighted by molar-refractivity contribution is 1.13. The lowest BCUT2D eigenvalue weighted by atomic mass is 10.1. The highest BCUT2D eigenvalue weighted by atomic mass is 79.9. The van der Waals surface area contributed by atoms with Crippen LogP contribution in [0, 0.1) is 18.3 Å². The van der Waals surface area contributed by atoms with Crippen molar-refractivity contribution in [3.8, 4) is 6.07 Å². The van der Waals surface area contributed by atoms with E-state index in [2.05, 4.69) is 39.4 Å². The highest BCUT2D eigenvalue weighted by Crippen LogP contribution is 2.20. The second-order valence-electron chi connectivity index (χ2n) is 4.09. The van der Waals surface area contributed by atoms with Crippen LogP contribution in [0.3, 0.4) is 0 Å². The van der Waals surface area contributed by atoms with Gasteiger partial charge in [-0.15, -0.1) is 0 Å². The minimum atomic E-state index is 0.687. The van der Waals surface area contributed by atoms with Crippen LogP contribution in [0.4, 0.5) is 5.69 Å². The molecule has 0 heterocycles. The number of nitrogens with zero attached hydrogens (tertiary/aromatic N) is 1. The molecule has 2 nitrogen and oxygen atoms in total. The molecule has 0 aliphatic heterocycles. The van der Waals surface area contributed by atoms with Crippen molar-refractivity contribution in [1.82, 2.24) is 0 Å². The van der Waals surface area contributed by atoms with Gasteiger partial charge >= 0.3 is 0 Å². The van der Waals surface area contributed by atoms with Crippen LogP contribution in [0.25, 0.3) is 0 Å². The van der Waals surface area contributed by atoms with Crippen LogP contribution in [0.15, 0.2) is 46.9 Å². The summed E-state index contributed by atoms with van der Waals surface area (Å²) in [4.78, 5) is 0. The van der Waals surface area contributed by atoms with E-state index >= 15 is 0 Å². The second kappa shape index (κ2) is 5.70. The molecule has 0 amide bonds. The first-order valence-electron chi connectivity index (χ1n) is 5.69. The summed E-state index contributed by atoms with van der Waals surface area (Å²) in [5.41, 5.74) is 3.88. The largest absolute Gasteiger partial charge is 0.380 e. The molecule has 0 aliphatic carbocycles. The molecular formula is C15H13BrN2. The molecule has 0 aliphatic rings. The number of hydrogen-bond acceptors (Lipinski definition) is 2. The fourth-order valence-electron chi connectivity index (χ4n) is 1.79. The van der Waals surface area contributed by atoms with Gasteiger partial charge in [-0.1, -0.05) is 40.2 Å². The third-order valence-electron chi connectivity index (χ3n) is 2.78. The second-order valence-corrected chi connectivity index (χ2v) is 5.00. The summed E-state index contributed by atoms with van der Waals surface area (Å²) in [6.45, 7) is 2.72. The fraction of sp³-hybridized carbons (Fsp3) is 0.133. The molecule has 0 atom stereocenters. The third-order valence-corrected chi connectivity index (χ3v) is 3.30. The van der Waals surface area contributed by atoms with Gasteiger partial charge < -0.3 is 5.32 Å². The fourth-order valence-corrected chi connectivity index (χ4v) is 2.05. The molecule has 2 rings (SSSR count). The van der Waals surface area contributed by atoms with Crippen LogP contribution in [0.5, 0.6) is 0 Å². The lowest BCUT2D eigenvalue weighted by Gasteiger charge is -2.11. The summed E-state index contributed by atoms with van der Waals surface area (Å²) in [5.74, 6) is 0. The van der Waals surface area contributed by atoms with Crippen LogP contribution < -0.4 is 5.32 Å². The summed E-state index contributed by atoms with van der Waals surface area (Å²) in [5, 5.41) is 12.4. The van der Waals surface area contributed by atoms with E-state index in [1.165, 1.54) is 5.56 Å². The Labute approximate surface area is 115 Å². The average Bonchev–Trinajstić information content (AvgIpc) is 2.39. The van der Waals surface area contributed by atoms with E-state index < -0.39 is 0 Å². The van der Waals surface area contributed by atoms with Gasteiger partial charge in [0.15, 0.2) is 0 Å². The predicted molar refractivity (Wildman–Crippen MR) is 77.4 cm³/mol. The number of hydrogen-bond donors (Lipinski definition) is 1. The van der Waals surface area contributed by atoms with E-state index in [9.17, 15) is 0 Å². The van der Waals surface area contributed by atoms with Crippen molar-refractivity contribution in [3.05, 3.63) is 63.6 Å². The first-order chi connectivity index (χ1) is 8.70. The standard InChI is InChI=1S/C15H13BrN2/c1-11-3-2-4-13(9-17)15(11)18-10-12-5-7-14(16)8-6-12/h2-8,18H,10H2,1H3. The normalized spacial score (nSPS) is 9.83. The first kappa shape index (κ1) is 12.7. The summed E-state index contributed by atoms with van der Waals surface area (Å²) in [6.07, 6.45) is 0. The van der Waals surface area contributed by atoms with Crippen LogP contribution in [0.2, 0.25) is 0 Å². The van der Waals surface area contributed by atoms with E-state index in [0.717, 1.165) is 15.7 Å². The minimum absolute atomic E-state index is 0.687. The van der Waals surface area contributed by atoms with Gasteiger partial charge in [0.1, 0.15) is 6.07 Å². The molecular weight excluding hydrogens is 288 g/mol. The van der Waals surface area contributed by atoms with Gasteiger partial charge in [-0.25, -0.2) is 0 Å². The maximum absolute atomic E-state index is 9.08. The Kier molecular flexibility index (Phi) is 4.01. The summed E-state index contributed by atoms with van der Waals surface area (Å²) >= 11 is 3.41. The van der Waals surface area contributed by atoms with Gasteiger partial charge in [-0.3, -0.25) is 0 Å². The number of nitriles is 1. The zero-order valence-electron chi connectivity index (χ0n) is 10.1. The minimum Gasteiger partial charge on any atom is -0.380 e. The molecule has 3 heteroatoms. The summed E-state index contributed by atoms with van der Waals surface area (Å²) < 4.78 is 1.07. The molecule has 0 spiro atoms. The van der Waals surface area contributed by atoms with Crippen molar-refractivity contribution in [2.45, 2.75) is 13.5 Å². The Balaban J connectivity index is 2.16. The summed E-state index contributed by atoms with van der Waals surface area (Å²) in [6, 6.07) is 16.1. The molecule has 0 saturated carbocycles. The smallest absolute Gasteiger partial charge is 0.101 e. The number of halogens is 1. The molecule has 0 aromatic heterocycles. The van der Waals surface area contributed by atoms with Crippen molar-refractivity contribution in [1.29, 1.82) is 5.26 Å². The topological polar surface area (TPSA) is 35.8 Å². The predicted octanol–water partition coefficient (Wildman–Crippen LogP) is 4.24. The molecule has 0 radical (unpaired) electrons. The highest BCUT2D eigenvalue weighted by molar-refractivity contribution is 9.10. The van der Waals surface area contributed by atoms with Crippen LogP contribution in [-0.2, 0) is 6.54 Å². The molecule has 2 aromatic rings. The molecule has 0 bridgehead atoms. The SMILES string of the molecule is Cc1cccc(C#N)c1NCc1ccc(Br)cc1. The Morgan fingerprint density at radius 3 is 2.56 bits per heavy atom. The Bertz CT molecular complexity index is 582. The van der Waals surface area contributed by atoms with Crippen LogP contribution in [0.1, 0.15) is 16.7 Å². The first-order valence-corrected chi connectivity index (χ1v) is 6.48. The van der Waals surface area contributed by atoms with E-state index in [1.54, 1.807) is 0 Å². The third kappa shape index (κ3) is 2.91. The lowest BCUT2D eigenvalue weighted by Crippen LogP contribution is -2.02. The van der Waals surface area contributed by atoms with Crippen molar-refractivity contribution < 1.29 is 0 Å². The molecule has 90 valence electrons. The van der Waals surface area contributed by atoms with Crippen molar-refractivity contribution >= 4 is 21.6 Å². The molecule has 0 fully saturated rings. The van der Waals surface area contributed by atoms with E-state index in [0.29, 0.717) is 12.1 Å². The van der Waals surface area contributed by atoms with E-state index in [-0.39, 0.29) is 0 Å². The Morgan fingerprint density at radius 2 is 1.89 bits per heavy atom. The van der Waals surface area contributed by atoms with Crippen molar-refractivity contribution in [2.75, 3.05) is 5.32 Å². The zero-order chi connectivity index (χ0) is 13.0. The Hall–Kier alpha value is -1.79. The summed E-state index contributed by atoms with van der Waals surface area (Å²) in [7, 11) is 0. The van der Waals surface area contributed by atoms with Gasteiger partial charge in [0.05, 0.1) is 11.3 Å². The molecule has 0 unspecified atom stereocenters. The van der Waals surface area contributed by atoms with Gasteiger partial charge in [0, 0.05) is 11.0 Å². The van der Waals surface area contributed by atoms with Gasteiger partial charge in [-0.05, 0) is 36.2 Å². The molecule has 18 heavy (non-hydrogen) atoms. The molecule has 2 aromatic carbocycles. The number of benzene rings is 2. The maximum atomic E-state index is 9.08. The molecule has 0 saturated heterocycles. The van der Waals surface area contributed by atoms with E-state index in [4.69, 9.17) is 5.26 Å². The zero-order valence-corrected chi connectivity index (χ0v) is 11.7. The van der Waals surface area contributed by atoms with Crippen molar-refractivity contribution in [2.24, 2.45) is 0 Å². The quantitative estimate of drug-likeness (QED) is 0.920. The van der Waals surface area contributed by atoms with Crippen LogP contribution >= 0.6 is 15.9 Å². The maximum Gasteiger partial charge on any atom is 0.101 e. The number of nitrogens with one attached hydrogen (secondary N) is 1. The highest BCUT2D eigenvalue weighted by Gasteiger charge is 2.04.